The largest absolute Gasteiger partial charge is 0.390 e. The van der Waals surface area contributed by atoms with Gasteiger partial charge < -0.3 is 10.2 Å². The van der Waals surface area contributed by atoms with Crippen LogP contribution < -0.4 is 0 Å². The first-order valence-corrected chi connectivity index (χ1v) is 4.78. The fraction of sp³-hybridized carbons (Fsp3) is 0.700. The van der Waals surface area contributed by atoms with Gasteiger partial charge in [-0.2, -0.15) is 0 Å². The van der Waals surface area contributed by atoms with Gasteiger partial charge in [0.15, 0.2) is 5.78 Å². The van der Waals surface area contributed by atoms with Gasteiger partial charge in [0.1, 0.15) is 6.10 Å². The summed E-state index contributed by atoms with van der Waals surface area (Å²) in [5, 5.41) is 18.7. The van der Waals surface area contributed by atoms with Crippen LogP contribution in [0.1, 0.15) is 32.1 Å². The smallest absolute Gasteiger partial charge is 0.186 e. The van der Waals surface area contributed by atoms with Gasteiger partial charge in [-0.25, -0.2) is 0 Å². The van der Waals surface area contributed by atoms with Crippen LogP contribution in [0.3, 0.4) is 0 Å². The van der Waals surface area contributed by atoms with Crippen LogP contribution in [0.2, 0.25) is 0 Å². The second kappa shape index (κ2) is 5.14. The van der Waals surface area contributed by atoms with Gasteiger partial charge in [-0.05, 0) is 25.3 Å². The average molecular weight is 184 g/mol. The van der Waals surface area contributed by atoms with Crippen molar-refractivity contribution in [1.82, 2.24) is 0 Å². The fourth-order valence-corrected chi connectivity index (χ4v) is 1.44. The van der Waals surface area contributed by atoms with Gasteiger partial charge in [-0.15, -0.1) is 0 Å². The van der Waals surface area contributed by atoms with Crippen LogP contribution >= 0.6 is 0 Å². The summed E-state index contributed by atoms with van der Waals surface area (Å²) in [5.74, 6) is -0.380. The van der Waals surface area contributed by atoms with Crippen LogP contribution in [0.5, 0.6) is 0 Å². The molecule has 1 aliphatic carbocycles. The molecule has 0 fully saturated rings. The summed E-state index contributed by atoms with van der Waals surface area (Å²) in [7, 11) is 0. The first kappa shape index (κ1) is 10.4. The summed E-state index contributed by atoms with van der Waals surface area (Å²) in [5.41, 5.74) is 0. The Bertz CT molecular complexity index is 198. The third-order valence-electron chi connectivity index (χ3n) is 2.31. The zero-order chi connectivity index (χ0) is 9.68. The van der Waals surface area contributed by atoms with E-state index >= 15 is 0 Å². The number of aliphatic hydroxyl groups is 2. The molecule has 1 aliphatic rings. The number of carbonyl (C=O) groups excluding carboxylic acids is 1. The Kier molecular flexibility index (Phi) is 4.12. The number of hydrogen-bond donors (Lipinski definition) is 2. The van der Waals surface area contributed by atoms with E-state index in [1.165, 1.54) is 6.08 Å². The molecule has 0 aliphatic heterocycles. The third kappa shape index (κ3) is 3.28. The van der Waals surface area contributed by atoms with Crippen LogP contribution in [0, 0.1) is 0 Å². The minimum atomic E-state index is -1.23. The average Bonchev–Trinajstić information content (AvgIpc) is 2.13. The lowest BCUT2D eigenvalue weighted by Gasteiger charge is -2.15. The van der Waals surface area contributed by atoms with E-state index in [1.807, 2.05) is 0 Å². The van der Waals surface area contributed by atoms with E-state index in [9.17, 15) is 15.0 Å². The second-order valence-corrected chi connectivity index (χ2v) is 3.45. The number of rotatable bonds is 0. The molecule has 0 heterocycles. The van der Waals surface area contributed by atoms with E-state index in [-0.39, 0.29) is 5.78 Å². The zero-order valence-electron chi connectivity index (χ0n) is 7.65. The first-order valence-electron chi connectivity index (χ1n) is 4.78. The van der Waals surface area contributed by atoms with Gasteiger partial charge in [-0.1, -0.05) is 18.9 Å². The molecule has 2 unspecified atom stereocenters. The van der Waals surface area contributed by atoms with Crippen molar-refractivity contribution in [2.75, 3.05) is 0 Å². The lowest BCUT2D eigenvalue weighted by Crippen LogP contribution is -2.32. The Morgan fingerprint density at radius 1 is 1.23 bits per heavy atom. The molecule has 0 aromatic carbocycles. The summed E-state index contributed by atoms with van der Waals surface area (Å²) < 4.78 is 0. The Labute approximate surface area is 78.1 Å². The highest BCUT2D eigenvalue weighted by Crippen LogP contribution is 2.11. The van der Waals surface area contributed by atoms with Gasteiger partial charge >= 0.3 is 0 Å². The van der Waals surface area contributed by atoms with Crippen molar-refractivity contribution in [2.45, 2.75) is 44.3 Å². The van der Waals surface area contributed by atoms with Gasteiger partial charge in [0.05, 0.1) is 6.10 Å². The van der Waals surface area contributed by atoms with E-state index in [2.05, 4.69) is 0 Å². The second-order valence-electron chi connectivity index (χ2n) is 3.45. The van der Waals surface area contributed by atoms with Crippen molar-refractivity contribution < 1.29 is 15.0 Å². The summed E-state index contributed by atoms with van der Waals surface area (Å²) in [6.07, 6.45) is 5.39. The number of carbonyl (C=O) groups is 1. The highest BCUT2D eigenvalue weighted by atomic mass is 16.3. The predicted molar refractivity (Wildman–Crippen MR) is 49.2 cm³/mol. The molecule has 13 heavy (non-hydrogen) atoms. The van der Waals surface area contributed by atoms with Crippen molar-refractivity contribution in [1.29, 1.82) is 0 Å². The monoisotopic (exact) mass is 184 g/mol. The molecular weight excluding hydrogens is 168 g/mol. The molecule has 0 bridgehead atoms. The molecule has 0 aromatic heterocycles. The Morgan fingerprint density at radius 3 is 2.77 bits per heavy atom. The van der Waals surface area contributed by atoms with Crippen molar-refractivity contribution in [3.05, 3.63) is 12.2 Å². The normalized spacial score (nSPS) is 31.7. The van der Waals surface area contributed by atoms with Gasteiger partial charge in [0.25, 0.3) is 0 Å². The van der Waals surface area contributed by atoms with Crippen molar-refractivity contribution in [3.8, 4) is 0 Å². The van der Waals surface area contributed by atoms with E-state index in [0.717, 1.165) is 25.7 Å². The molecule has 0 saturated heterocycles. The van der Waals surface area contributed by atoms with E-state index < -0.39 is 12.2 Å². The SMILES string of the molecule is O=C1C=CCCCCCC(O)C1O. The Hall–Kier alpha value is -0.670. The maximum Gasteiger partial charge on any atom is 0.186 e. The summed E-state index contributed by atoms with van der Waals surface area (Å²) >= 11 is 0. The fourth-order valence-electron chi connectivity index (χ4n) is 1.44. The third-order valence-corrected chi connectivity index (χ3v) is 2.31. The highest BCUT2D eigenvalue weighted by Gasteiger charge is 2.21. The number of aliphatic hydroxyl groups excluding tert-OH is 2. The van der Waals surface area contributed by atoms with Crippen LogP contribution in [-0.4, -0.2) is 28.2 Å². The summed E-state index contributed by atoms with van der Waals surface area (Å²) in [4.78, 5) is 11.1. The molecule has 74 valence electrons. The van der Waals surface area contributed by atoms with Gasteiger partial charge in [0, 0.05) is 0 Å². The maximum absolute atomic E-state index is 11.1. The molecule has 2 atom stereocenters. The molecule has 0 aromatic rings. The van der Waals surface area contributed by atoms with Crippen LogP contribution in [0.15, 0.2) is 12.2 Å². The molecule has 3 heteroatoms. The minimum absolute atomic E-state index is 0.380. The Morgan fingerprint density at radius 2 is 2.00 bits per heavy atom. The summed E-state index contributed by atoms with van der Waals surface area (Å²) in [6.45, 7) is 0. The highest BCUT2D eigenvalue weighted by molar-refractivity contribution is 5.93. The molecule has 0 saturated carbocycles. The lowest BCUT2D eigenvalue weighted by molar-refractivity contribution is -0.128. The lowest BCUT2D eigenvalue weighted by atomic mass is 10.00. The topological polar surface area (TPSA) is 57.5 Å². The quantitative estimate of drug-likeness (QED) is 0.585. The van der Waals surface area contributed by atoms with E-state index in [4.69, 9.17) is 0 Å². The van der Waals surface area contributed by atoms with Crippen LogP contribution in [-0.2, 0) is 4.79 Å². The first-order chi connectivity index (χ1) is 6.22. The predicted octanol–water partition coefficient (Wildman–Crippen LogP) is 0.798. The van der Waals surface area contributed by atoms with Gasteiger partial charge in [0.2, 0.25) is 0 Å². The molecule has 2 N–H and O–H groups in total. The van der Waals surface area contributed by atoms with Gasteiger partial charge in [-0.3, -0.25) is 4.79 Å². The molecular formula is C10H16O3. The van der Waals surface area contributed by atoms with Crippen LogP contribution in [0.25, 0.3) is 0 Å². The van der Waals surface area contributed by atoms with Crippen molar-refractivity contribution in [3.63, 3.8) is 0 Å². The molecule has 1 rings (SSSR count). The number of ketones is 1. The zero-order valence-corrected chi connectivity index (χ0v) is 7.65. The summed E-state index contributed by atoms with van der Waals surface area (Å²) in [6, 6.07) is 0. The number of hydrogen-bond acceptors (Lipinski definition) is 3. The number of allylic oxidation sites excluding steroid dienone is 1. The molecule has 0 radical (unpaired) electrons. The molecule has 0 amide bonds. The molecule has 0 spiro atoms. The Balaban J connectivity index is 2.58. The standard InChI is InChI=1S/C10H16O3/c11-8-6-4-2-1-3-5-7-9(12)10(8)13/h4,6,9-10,12-13H,1-3,5,7H2. The van der Waals surface area contributed by atoms with Crippen molar-refractivity contribution in [2.24, 2.45) is 0 Å². The van der Waals surface area contributed by atoms with E-state index in [1.54, 1.807) is 6.08 Å². The maximum atomic E-state index is 11.1. The van der Waals surface area contributed by atoms with Crippen molar-refractivity contribution >= 4 is 5.78 Å². The van der Waals surface area contributed by atoms with Crippen LogP contribution in [0.4, 0.5) is 0 Å². The van der Waals surface area contributed by atoms with E-state index in [0.29, 0.717) is 6.42 Å². The minimum Gasteiger partial charge on any atom is -0.390 e. The molecule has 3 nitrogen and oxygen atoms in total.